The second-order valence-corrected chi connectivity index (χ2v) is 7.20. The lowest BCUT2D eigenvalue weighted by molar-refractivity contribution is -0.384. The third kappa shape index (κ3) is 6.35. The molecule has 0 bridgehead atoms. The Kier molecular flexibility index (Phi) is 7.29. The maximum Gasteiger partial charge on any atom is 0.270 e. The van der Waals surface area contributed by atoms with Gasteiger partial charge in [0, 0.05) is 55.4 Å². The smallest absolute Gasteiger partial charge is 0.270 e. The summed E-state index contributed by atoms with van der Waals surface area (Å²) in [5.41, 5.74) is 4.02. The van der Waals surface area contributed by atoms with E-state index in [1.165, 1.54) is 30.0 Å². The third-order valence-corrected chi connectivity index (χ3v) is 5.01. The number of nitro groups is 1. The van der Waals surface area contributed by atoms with Crippen LogP contribution in [0.3, 0.4) is 0 Å². The molecule has 2 aromatic rings. The Labute approximate surface area is 173 Å². The topological polar surface area (TPSA) is 91.1 Å². The molecular weight excluding hydrogens is 394 g/mol. The van der Waals surface area contributed by atoms with Gasteiger partial charge in [-0.1, -0.05) is 41.9 Å². The van der Waals surface area contributed by atoms with Gasteiger partial charge in [0.2, 0.25) is 0 Å². The molecule has 2 aromatic carbocycles. The average molecular weight is 416 g/mol. The SMILES string of the molecule is O=C(CN1CCN(Cc2ccccc2)CC1)NN=Cc1cc([N+](=O)[O-])ccc1Cl. The largest absolute Gasteiger partial charge is 0.297 e. The molecule has 1 amide bonds. The Hall–Kier alpha value is -2.81. The van der Waals surface area contributed by atoms with E-state index >= 15 is 0 Å². The number of benzene rings is 2. The molecule has 0 radical (unpaired) electrons. The summed E-state index contributed by atoms with van der Waals surface area (Å²) in [5.74, 6) is -0.237. The van der Waals surface area contributed by atoms with E-state index < -0.39 is 4.92 Å². The molecule has 0 aliphatic carbocycles. The second-order valence-electron chi connectivity index (χ2n) is 6.79. The molecule has 152 valence electrons. The summed E-state index contributed by atoms with van der Waals surface area (Å²) in [4.78, 5) is 26.9. The number of rotatable bonds is 7. The first kappa shape index (κ1) is 20.9. The predicted octanol–water partition coefficient (Wildman–Crippen LogP) is 2.52. The number of hydrogen-bond acceptors (Lipinski definition) is 6. The molecule has 0 aromatic heterocycles. The Bertz CT molecular complexity index is 883. The molecule has 0 saturated carbocycles. The number of nitrogens with one attached hydrogen (secondary N) is 1. The molecule has 29 heavy (non-hydrogen) atoms. The molecule has 0 atom stereocenters. The lowest BCUT2D eigenvalue weighted by Crippen LogP contribution is -2.48. The summed E-state index contributed by atoms with van der Waals surface area (Å²) in [5, 5.41) is 15.0. The van der Waals surface area contributed by atoms with E-state index in [9.17, 15) is 14.9 Å². The van der Waals surface area contributed by atoms with Crippen LogP contribution >= 0.6 is 11.6 Å². The minimum absolute atomic E-state index is 0.0875. The maximum atomic E-state index is 12.1. The van der Waals surface area contributed by atoms with Crippen molar-refractivity contribution in [3.8, 4) is 0 Å². The van der Waals surface area contributed by atoms with Gasteiger partial charge in [0.05, 0.1) is 17.7 Å². The molecule has 1 aliphatic rings. The molecule has 1 heterocycles. The van der Waals surface area contributed by atoms with Crippen molar-refractivity contribution in [1.82, 2.24) is 15.2 Å². The zero-order valence-electron chi connectivity index (χ0n) is 15.8. The van der Waals surface area contributed by atoms with Crippen molar-refractivity contribution < 1.29 is 9.72 Å². The fourth-order valence-corrected chi connectivity index (χ4v) is 3.27. The summed E-state index contributed by atoms with van der Waals surface area (Å²) in [6, 6.07) is 14.4. The van der Waals surface area contributed by atoms with Crippen LogP contribution in [0.25, 0.3) is 0 Å². The molecule has 1 N–H and O–H groups in total. The van der Waals surface area contributed by atoms with Crippen LogP contribution in [0.1, 0.15) is 11.1 Å². The van der Waals surface area contributed by atoms with Crippen LogP contribution in [-0.4, -0.2) is 59.6 Å². The molecule has 0 spiro atoms. The van der Waals surface area contributed by atoms with Crippen LogP contribution < -0.4 is 5.43 Å². The first-order valence-corrected chi connectivity index (χ1v) is 9.63. The van der Waals surface area contributed by atoms with E-state index in [1.807, 2.05) is 18.2 Å². The van der Waals surface area contributed by atoms with E-state index in [4.69, 9.17) is 11.6 Å². The molecule has 9 heteroatoms. The number of hydrogen-bond donors (Lipinski definition) is 1. The summed E-state index contributed by atoms with van der Waals surface area (Å²) in [7, 11) is 0. The fraction of sp³-hybridized carbons (Fsp3) is 0.300. The van der Waals surface area contributed by atoms with Crippen molar-refractivity contribution in [2.24, 2.45) is 5.10 Å². The van der Waals surface area contributed by atoms with Crippen molar-refractivity contribution >= 4 is 29.4 Å². The molecule has 8 nitrogen and oxygen atoms in total. The number of non-ortho nitro benzene ring substituents is 1. The number of piperazine rings is 1. The molecule has 1 fully saturated rings. The highest BCUT2D eigenvalue weighted by Crippen LogP contribution is 2.20. The third-order valence-electron chi connectivity index (χ3n) is 4.66. The van der Waals surface area contributed by atoms with Gasteiger partial charge in [-0.15, -0.1) is 0 Å². The van der Waals surface area contributed by atoms with Gasteiger partial charge in [0.1, 0.15) is 0 Å². The monoisotopic (exact) mass is 415 g/mol. The highest BCUT2D eigenvalue weighted by molar-refractivity contribution is 6.33. The first-order valence-electron chi connectivity index (χ1n) is 9.26. The van der Waals surface area contributed by atoms with Gasteiger partial charge in [-0.3, -0.25) is 24.7 Å². The minimum atomic E-state index is -0.510. The van der Waals surface area contributed by atoms with Crippen LogP contribution in [0, 0.1) is 10.1 Å². The highest BCUT2D eigenvalue weighted by atomic mass is 35.5. The average Bonchev–Trinajstić information content (AvgIpc) is 2.71. The normalized spacial score (nSPS) is 15.5. The van der Waals surface area contributed by atoms with E-state index in [0.717, 1.165) is 32.7 Å². The number of hydrazone groups is 1. The number of carbonyl (C=O) groups is 1. The molecule has 1 aliphatic heterocycles. The lowest BCUT2D eigenvalue weighted by Gasteiger charge is -2.34. The summed E-state index contributed by atoms with van der Waals surface area (Å²) in [6.07, 6.45) is 1.31. The van der Waals surface area contributed by atoms with Gasteiger partial charge in [-0.2, -0.15) is 5.10 Å². The quantitative estimate of drug-likeness (QED) is 0.426. The van der Waals surface area contributed by atoms with Gasteiger partial charge >= 0.3 is 0 Å². The zero-order chi connectivity index (χ0) is 20.6. The second kappa shape index (κ2) is 10.1. The Morgan fingerprint density at radius 1 is 1.14 bits per heavy atom. The number of nitrogens with zero attached hydrogens (tertiary/aromatic N) is 4. The van der Waals surface area contributed by atoms with Crippen molar-refractivity contribution in [3.05, 3.63) is 74.8 Å². The molecule has 1 saturated heterocycles. The number of carbonyl (C=O) groups excluding carboxylic acids is 1. The maximum absolute atomic E-state index is 12.1. The van der Waals surface area contributed by atoms with E-state index in [-0.39, 0.29) is 18.1 Å². The number of nitro benzene ring substituents is 1. The van der Waals surface area contributed by atoms with Crippen LogP contribution in [0.5, 0.6) is 0 Å². The van der Waals surface area contributed by atoms with E-state index in [0.29, 0.717) is 10.6 Å². The predicted molar refractivity (Wildman–Crippen MR) is 112 cm³/mol. The standard InChI is InChI=1S/C20H22ClN5O3/c21-19-7-6-18(26(28)29)12-17(19)13-22-23-20(27)15-25-10-8-24(9-11-25)14-16-4-2-1-3-5-16/h1-7,12-13H,8-11,14-15H2,(H,23,27). The summed E-state index contributed by atoms with van der Waals surface area (Å²) in [6.45, 7) is 4.57. The van der Waals surface area contributed by atoms with E-state index in [1.54, 1.807) is 0 Å². The highest BCUT2D eigenvalue weighted by Gasteiger charge is 2.18. The van der Waals surface area contributed by atoms with Crippen molar-refractivity contribution in [2.75, 3.05) is 32.7 Å². The lowest BCUT2D eigenvalue weighted by atomic mass is 10.2. The van der Waals surface area contributed by atoms with Gasteiger partial charge in [-0.25, -0.2) is 5.43 Å². The van der Waals surface area contributed by atoms with Crippen LogP contribution in [0.15, 0.2) is 53.6 Å². The Morgan fingerprint density at radius 2 is 1.83 bits per heavy atom. The van der Waals surface area contributed by atoms with Crippen molar-refractivity contribution in [3.63, 3.8) is 0 Å². The first-order chi connectivity index (χ1) is 14.0. The van der Waals surface area contributed by atoms with Crippen LogP contribution in [0.2, 0.25) is 5.02 Å². The van der Waals surface area contributed by atoms with Gasteiger partial charge < -0.3 is 0 Å². The van der Waals surface area contributed by atoms with Crippen LogP contribution in [0.4, 0.5) is 5.69 Å². The van der Waals surface area contributed by atoms with Crippen molar-refractivity contribution in [2.45, 2.75) is 6.54 Å². The fourth-order valence-electron chi connectivity index (χ4n) is 3.10. The van der Waals surface area contributed by atoms with Crippen molar-refractivity contribution in [1.29, 1.82) is 0 Å². The van der Waals surface area contributed by atoms with Gasteiger partial charge in [-0.05, 0) is 11.6 Å². The minimum Gasteiger partial charge on any atom is -0.297 e. The van der Waals surface area contributed by atoms with Gasteiger partial charge in [0.15, 0.2) is 0 Å². The number of halogens is 1. The van der Waals surface area contributed by atoms with Gasteiger partial charge in [0.25, 0.3) is 11.6 Å². The summed E-state index contributed by atoms with van der Waals surface area (Å²) >= 11 is 6.00. The Balaban J connectivity index is 1.43. The number of amides is 1. The Morgan fingerprint density at radius 3 is 2.52 bits per heavy atom. The molecule has 3 rings (SSSR count). The van der Waals surface area contributed by atoms with E-state index in [2.05, 4.69) is 32.5 Å². The molecule has 0 unspecified atom stereocenters. The summed E-state index contributed by atoms with van der Waals surface area (Å²) < 4.78 is 0. The van der Waals surface area contributed by atoms with Crippen LogP contribution in [-0.2, 0) is 11.3 Å². The molecular formula is C20H22ClN5O3. The zero-order valence-corrected chi connectivity index (χ0v) is 16.6.